The van der Waals surface area contributed by atoms with Crippen LogP contribution in [0.1, 0.15) is 43.0 Å². The lowest BCUT2D eigenvalue weighted by molar-refractivity contribution is 0.0443. The first-order valence-electron chi connectivity index (χ1n) is 21.9. The van der Waals surface area contributed by atoms with Crippen LogP contribution in [0, 0.1) is 0 Å². The summed E-state index contributed by atoms with van der Waals surface area (Å²) in [5.74, 6) is 0.672. The van der Waals surface area contributed by atoms with E-state index in [2.05, 4.69) is 97.1 Å². The lowest BCUT2D eigenvalue weighted by Crippen LogP contribution is -2.28. The van der Waals surface area contributed by atoms with Crippen LogP contribution in [0.15, 0.2) is 206 Å². The van der Waals surface area contributed by atoms with Crippen LogP contribution in [0.4, 0.5) is 0 Å². The van der Waals surface area contributed by atoms with Gasteiger partial charge in [-0.15, -0.1) is 0 Å². The van der Waals surface area contributed by atoms with Crippen molar-refractivity contribution in [3.8, 4) is 22.6 Å². The van der Waals surface area contributed by atoms with Crippen LogP contribution in [0.2, 0.25) is 0 Å². The van der Waals surface area contributed by atoms with Crippen molar-refractivity contribution in [3.05, 3.63) is 240 Å². The van der Waals surface area contributed by atoms with Crippen LogP contribution in [0.3, 0.4) is 0 Å². The number of esters is 2. The van der Waals surface area contributed by atoms with Gasteiger partial charge in [0.25, 0.3) is 0 Å². The topological polar surface area (TPSA) is 71.1 Å². The van der Waals surface area contributed by atoms with Crippen molar-refractivity contribution in [1.82, 2.24) is 0 Å². The van der Waals surface area contributed by atoms with E-state index < -0.39 is 5.41 Å². The quantitative estimate of drug-likeness (QED) is 0.0901. The van der Waals surface area contributed by atoms with E-state index in [9.17, 15) is 9.59 Å². The van der Waals surface area contributed by atoms with Gasteiger partial charge in [-0.2, -0.15) is 0 Å². The summed E-state index contributed by atoms with van der Waals surface area (Å²) >= 11 is 0. The smallest absolute Gasteiger partial charge is 0.338 e. The molecule has 10 aromatic rings. The molecule has 0 heterocycles. The molecule has 0 spiro atoms. The number of rotatable bonds is 12. The second-order valence-electron chi connectivity index (χ2n) is 16.4. The zero-order valence-corrected chi connectivity index (χ0v) is 35.4. The average Bonchev–Trinajstić information content (AvgIpc) is 3.66. The molecule has 314 valence electrons. The van der Waals surface area contributed by atoms with E-state index >= 15 is 0 Å². The Bertz CT molecular complexity index is 3230. The SMILES string of the molecule is O=C(OCCOc1ccc2cc(C3(c4ccc5cc(OCCOC(=O)c6ccc7ccccc7c6)ccc5c4)c4ccccc4-c4ccccc43)ccc2c1)c1ccc2ccccc2c1. The summed E-state index contributed by atoms with van der Waals surface area (Å²) in [6.45, 7) is 0.734. The first-order valence-corrected chi connectivity index (χ1v) is 21.9. The predicted octanol–water partition coefficient (Wildman–Crippen LogP) is 13.1. The Morgan fingerprint density at radius 3 is 1.18 bits per heavy atom. The Kier molecular flexibility index (Phi) is 10.2. The lowest BCUT2D eigenvalue weighted by atomic mass is 9.67. The molecule has 65 heavy (non-hydrogen) atoms. The summed E-state index contributed by atoms with van der Waals surface area (Å²) in [5, 5.41) is 8.41. The van der Waals surface area contributed by atoms with Crippen molar-refractivity contribution in [2.24, 2.45) is 0 Å². The fourth-order valence-corrected chi connectivity index (χ4v) is 9.50. The highest BCUT2D eigenvalue weighted by atomic mass is 16.6. The van der Waals surface area contributed by atoms with E-state index in [1.54, 1.807) is 12.1 Å². The minimum atomic E-state index is -0.594. The van der Waals surface area contributed by atoms with Crippen LogP contribution in [0.25, 0.3) is 54.2 Å². The number of carbonyl (C=O) groups is 2. The molecule has 0 aliphatic heterocycles. The predicted molar refractivity (Wildman–Crippen MR) is 258 cm³/mol. The van der Waals surface area contributed by atoms with Gasteiger partial charge in [-0.25, -0.2) is 9.59 Å². The van der Waals surface area contributed by atoms with Gasteiger partial charge in [0, 0.05) is 0 Å². The van der Waals surface area contributed by atoms with E-state index in [1.165, 1.54) is 22.3 Å². The molecular formula is C59H42O6. The molecule has 0 saturated heterocycles. The number of hydrogen-bond acceptors (Lipinski definition) is 6. The number of hydrogen-bond donors (Lipinski definition) is 0. The maximum Gasteiger partial charge on any atom is 0.338 e. The molecule has 6 heteroatoms. The summed E-state index contributed by atoms with van der Waals surface area (Å²) in [5.41, 5.74) is 7.67. The molecule has 0 radical (unpaired) electrons. The molecule has 0 amide bonds. The van der Waals surface area contributed by atoms with Gasteiger partial charge >= 0.3 is 11.9 Å². The van der Waals surface area contributed by atoms with Gasteiger partial charge in [-0.3, -0.25) is 0 Å². The lowest BCUT2D eigenvalue weighted by Gasteiger charge is -2.34. The average molecular weight is 847 g/mol. The van der Waals surface area contributed by atoms with Crippen LogP contribution in [0.5, 0.6) is 11.5 Å². The Morgan fingerprint density at radius 2 is 0.708 bits per heavy atom. The molecule has 10 aromatic carbocycles. The number of fused-ring (bicyclic) bond motifs is 7. The monoisotopic (exact) mass is 846 g/mol. The third kappa shape index (κ3) is 7.39. The second-order valence-corrected chi connectivity index (χ2v) is 16.4. The molecule has 0 aromatic heterocycles. The van der Waals surface area contributed by atoms with Gasteiger partial charge in [0.05, 0.1) is 16.5 Å². The molecule has 1 aliphatic rings. The molecule has 6 nitrogen and oxygen atoms in total. The third-order valence-electron chi connectivity index (χ3n) is 12.6. The minimum absolute atomic E-state index is 0.133. The second kappa shape index (κ2) is 16.8. The maximum absolute atomic E-state index is 12.8. The third-order valence-corrected chi connectivity index (χ3v) is 12.6. The van der Waals surface area contributed by atoms with Crippen molar-refractivity contribution < 1.29 is 28.5 Å². The summed E-state index contributed by atoms with van der Waals surface area (Å²) < 4.78 is 23.3. The van der Waals surface area contributed by atoms with Gasteiger partial charge in [0.1, 0.15) is 37.9 Å². The molecule has 0 saturated carbocycles. The standard InChI is InChI=1S/C59H42O6/c60-57(47-19-17-39-9-1-3-11-41(39)33-47)64-31-29-62-51-27-23-43-35-49(25-21-45(43)37-51)59(55-15-7-5-13-53(55)54-14-6-8-16-56(54)59)50-26-22-46-38-52(28-24-44(46)36-50)63-30-32-65-58(61)48-20-18-40-10-2-4-12-42(40)34-48/h1-28,33-38H,29-32H2. The highest BCUT2D eigenvalue weighted by Gasteiger charge is 2.46. The number of carbonyl (C=O) groups excluding carboxylic acids is 2. The van der Waals surface area contributed by atoms with Gasteiger partial charge in [0.15, 0.2) is 0 Å². The van der Waals surface area contributed by atoms with Crippen LogP contribution in [-0.4, -0.2) is 38.4 Å². The summed E-state index contributed by atoms with van der Waals surface area (Å²) in [6, 6.07) is 70.2. The maximum atomic E-state index is 12.8. The fraction of sp³-hybridized carbons (Fsp3) is 0.0847. The minimum Gasteiger partial charge on any atom is -0.490 e. The zero-order chi connectivity index (χ0) is 43.7. The molecule has 0 fully saturated rings. The first kappa shape index (κ1) is 39.6. The van der Waals surface area contributed by atoms with Crippen molar-refractivity contribution in [2.75, 3.05) is 26.4 Å². The highest BCUT2D eigenvalue weighted by molar-refractivity contribution is 5.97. The first-order chi connectivity index (χ1) is 32.0. The van der Waals surface area contributed by atoms with E-state index in [-0.39, 0.29) is 38.4 Å². The largest absolute Gasteiger partial charge is 0.490 e. The van der Waals surface area contributed by atoms with E-state index in [4.69, 9.17) is 18.9 Å². The molecular weight excluding hydrogens is 805 g/mol. The van der Waals surface area contributed by atoms with Gasteiger partial charge in [-0.1, -0.05) is 146 Å². The van der Waals surface area contributed by atoms with E-state index in [1.807, 2.05) is 97.1 Å². The molecule has 0 bridgehead atoms. The zero-order valence-electron chi connectivity index (χ0n) is 35.4. The van der Waals surface area contributed by atoms with Gasteiger partial charge < -0.3 is 18.9 Å². The van der Waals surface area contributed by atoms with Crippen molar-refractivity contribution >= 4 is 55.0 Å². The van der Waals surface area contributed by atoms with E-state index in [0.29, 0.717) is 22.6 Å². The summed E-state index contributed by atoms with van der Waals surface area (Å²) in [6.07, 6.45) is 0. The van der Waals surface area contributed by atoms with E-state index in [0.717, 1.165) is 54.2 Å². The van der Waals surface area contributed by atoms with Crippen LogP contribution in [-0.2, 0) is 14.9 Å². The summed E-state index contributed by atoms with van der Waals surface area (Å²) in [7, 11) is 0. The fourth-order valence-electron chi connectivity index (χ4n) is 9.50. The van der Waals surface area contributed by atoms with Gasteiger partial charge in [0.2, 0.25) is 0 Å². The number of ether oxygens (including phenoxy) is 4. The van der Waals surface area contributed by atoms with Crippen molar-refractivity contribution in [3.63, 3.8) is 0 Å². The molecule has 11 rings (SSSR count). The molecule has 0 unspecified atom stereocenters. The number of benzene rings is 10. The highest BCUT2D eigenvalue weighted by Crippen LogP contribution is 2.56. The van der Waals surface area contributed by atoms with Crippen molar-refractivity contribution in [2.45, 2.75) is 5.41 Å². The molecule has 0 atom stereocenters. The Hall–Kier alpha value is -8.22. The normalized spacial score (nSPS) is 12.5. The Labute approximate surface area is 376 Å². The molecule has 0 N–H and O–H groups in total. The van der Waals surface area contributed by atoms with Crippen LogP contribution < -0.4 is 9.47 Å². The molecule has 1 aliphatic carbocycles. The summed E-state index contributed by atoms with van der Waals surface area (Å²) in [4.78, 5) is 25.6. The van der Waals surface area contributed by atoms with Gasteiger partial charge in [-0.05, 0) is 137 Å². The van der Waals surface area contributed by atoms with Crippen LogP contribution >= 0.6 is 0 Å². The Balaban J connectivity index is 0.829. The van der Waals surface area contributed by atoms with Crippen molar-refractivity contribution in [1.29, 1.82) is 0 Å². The Morgan fingerprint density at radius 1 is 0.338 bits per heavy atom.